The maximum absolute atomic E-state index is 6.19. The van der Waals surface area contributed by atoms with Gasteiger partial charge in [0.1, 0.15) is 12.1 Å². The predicted molar refractivity (Wildman–Crippen MR) is 98.3 cm³/mol. The van der Waals surface area contributed by atoms with Crippen LogP contribution in [0.15, 0.2) is 24.5 Å². The van der Waals surface area contributed by atoms with Gasteiger partial charge >= 0.3 is 7.12 Å². The third-order valence-electron chi connectivity index (χ3n) is 5.47. The topological polar surface area (TPSA) is 56.7 Å². The molecule has 0 bridgehead atoms. The lowest BCUT2D eigenvalue weighted by Gasteiger charge is -2.32. The van der Waals surface area contributed by atoms with Crippen LogP contribution in [-0.4, -0.2) is 54.6 Å². The second-order valence-corrected chi connectivity index (χ2v) is 7.66. The summed E-state index contributed by atoms with van der Waals surface area (Å²) in [6.07, 6.45) is 1.63. The van der Waals surface area contributed by atoms with E-state index in [1.807, 2.05) is 12.1 Å². The van der Waals surface area contributed by atoms with E-state index in [1.165, 1.54) is 0 Å². The molecule has 0 radical (unpaired) electrons. The smallest absolute Gasteiger partial charge is 0.399 e. The van der Waals surface area contributed by atoms with Crippen LogP contribution in [0.1, 0.15) is 27.7 Å². The summed E-state index contributed by atoms with van der Waals surface area (Å²) in [7, 11) is -0.382. The van der Waals surface area contributed by atoms with Crippen molar-refractivity contribution < 1.29 is 14.0 Å². The molecule has 0 spiro atoms. The van der Waals surface area contributed by atoms with Crippen LogP contribution in [0.3, 0.4) is 0 Å². The van der Waals surface area contributed by atoms with Gasteiger partial charge in [0.05, 0.1) is 29.9 Å². The van der Waals surface area contributed by atoms with Crippen molar-refractivity contribution in [2.24, 2.45) is 0 Å². The molecule has 0 atom stereocenters. The van der Waals surface area contributed by atoms with Crippen molar-refractivity contribution in [2.75, 3.05) is 31.2 Å². The van der Waals surface area contributed by atoms with Crippen molar-refractivity contribution in [2.45, 2.75) is 38.9 Å². The number of aromatic nitrogens is 2. The number of hydrogen-bond acceptors (Lipinski definition) is 6. The molecule has 0 amide bonds. The molecule has 132 valence electrons. The number of benzene rings is 1. The largest absolute Gasteiger partial charge is 0.494 e. The van der Waals surface area contributed by atoms with Crippen molar-refractivity contribution in [3.8, 4) is 0 Å². The zero-order valence-electron chi connectivity index (χ0n) is 15.3. The van der Waals surface area contributed by atoms with Crippen molar-refractivity contribution in [1.82, 2.24) is 9.97 Å². The van der Waals surface area contributed by atoms with Crippen LogP contribution in [0, 0.1) is 0 Å². The lowest BCUT2D eigenvalue weighted by atomic mass is 9.78. The maximum atomic E-state index is 6.19. The van der Waals surface area contributed by atoms with Crippen molar-refractivity contribution in [1.29, 1.82) is 0 Å². The first-order chi connectivity index (χ1) is 11.9. The van der Waals surface area contributed by atoms with Gasteiger partial charge in [-0.3, -0.25) is 0 Å². The standard InChI is InChI=1S/C18H24BN3O3/c1-17(2)18(3,4)25-19(24-17)13-5-6-15-14(11-13)16(21-12-20-15)22-7-9-23-10-8-22/h5-6,11-12H,7-10H2,1-4H3. The van der Waals surface area contributed by atoms with Gasteiger partial charge in [-0.2, -0.15) is 0 Å². The molecule has 2 fully saturated rings. The molecule has 0 saturated carbocycles. The fraction of sp³-hybridized carbons (Fsp3) is 0.556. The van der Waals surface area contributed by atoms with Crippen LogP contribution in [0.25, 0.3) is 10.9 Å². The van der Waals surface area contributed by atoms with Gasteiger partial charge in [0.15, 0.2) is 0 Å². The van der Waals surface area contributed by atoms with Gasteiger partial charge in [0.2, 0.25) is 0 Å². The quantitative estimate of drug-likeness (QED) is 0.776. The molecule has 6 nitrogen and oxygen atoms in total. The molecule has 7 heteroatoms. The van der Waals surface area contributed by atoms with E-state index in [1.54, 1.807) is 6.33 Å². The van der Waals surface area contributed by atoms with E-state index in [2.05, 4.69) is 48.6 Å². The van der Waals surface area contributed by atoms with Gasteiger partial charge in [-0.25, -0.2) is 9.97 Å². The van der Waals surface area contributed by atoms with E-state index in [9.17, 15) is 0 Å². The molecular weight excluding hydrogens is 317 g/mol. The van der Waals surface area contributed by atoms with Crippen LogP contribution >= 0.6 is 0 Å². The molecule has 4 rings (SSSR count). The van der Waals surface area contributed by atoms with Gasteiger partial charge in [0.25, 0.3) is 0 Å². The molecule has 2 aromatic rings. The van der Waals surface area contributed by atoms with Gasteiger partial charge in [-0.1, -0.05) is 6.07 Å². The van der Waals surface area contributed by atoms with Crippen LogP contribution in [0.4, 0.5) is 5.82 Å². The average Bonchev–Trinajstić information content (AvgIpc) is 2.82. The van der Waals surface area contributed by atoms with E-state index in [0.29, 0.717) is 0 Å². The summed E-state index contributed by atoms with van der Waals surface area (Å²) in [6, 6.07) is 6.14. The summed E-state index contributed by atoms with van der Waals surface area (Å²) in [6.45, 7) is 11.4. The van der Waals surface area contributed by atoms with E-state index < -0.39 is 0 Å². The SMILES string of the molecule is CC1(C)OB(c2ccc3ncnc(N4CCOCC4)c3c2)OC1(C)C. The summed E-state index contributed by atoms with van der Waals surface area (Å²) in [5.41, 5.74) is 1.21. The number of nitrogens with zero attached hydrogens (tertiary/aromatic N) is 3. The number of ether oxygens (including phenoxy) is 1. The van der Waals surface area contributed by atoms with Crippen LogP contribution in [0.5, 0.6) is 0 Å². The molecule has 1 aromatic heterocycles. The van der Waals surface area contributed by atoms with E-state index >= 15 is 0 Å². The monoisotopic (exact) mass is 341 g/mol. The fourth-order valence-electron chi connectivity index (χ4n) is 3.21. The first-order valence-corrected chi connectivity index (χ1v) is 8.80. The first-order valence-electron chi connectivity index (χ1n) is 8.80. The number of morpholine rings is 1. The number of rotatable bonds is 2. The minimum absolute atomic E-state index is 0.354. The highest BCUT2D eigenvalue weighted by Crippen LogP contribution is 2.36. The lowest BCUT2D eigenvalue weighted by molar-refractivity contribution is 0.00578. The van der Waals surface area contributed by atoms with E-state index in [0.717, 1.165) is 48.5 Å². The first kappa shape index (κ1) is 16.8. The Morgan fingerprint density at radius 2 is 1.68 bits per heavy atom. The Kier molecular flexibility index (Phi) is 3.98. The Bertz CT molecular complexity index is 774. The van der Waals surface area contributed by atoms with Gasteiger partial charge in [-0.15, -0.1) is 0 Å². The van der Waals surface area contributed by atoms with Gasteiger partial charge in [-0.05, 0) is 45.3 Å². The van der Waals surface area contributed by atoms with Crippen molar-refractivity contribution >= 4 is 29.3 Å². The van der Waals surface area contributed by atoms with Crippen LogP contribution in [-0.2, 0) is 14.0 Å². The summed E-state index contributed by atoms with van der Waals surface area (Å²) in [4.78, 5) is 11.2. The molecule has 2 aliphatic rings. The van der Waals surface area contributed by atoms with Crippen molar-refractivity contribution in [3.63, 3.8) is 0 Å². The summed E-state index contributed by atoms with van der Waals surface area (Å²) in [5, 5.41) is 1.02. The molecular formula is C18H24BN3O3. The highest BCUT2D eigenvalue weighted by atomic mass is 16.7. The molecule has 2 saturated heterocycles. The molecule has 1 aromatic carbocycles. The van der Waals surface area contributed by atoms with E-state index in [-0.39, 0.29) is 18.3 Å². The fourth-order valence-corrected chi connectivity index (χ4v) is 3.21. The number of anilines is 1. The average molecular weight is 341 g/mol. The van der Waals surface area contributed by atoms with Gasteiger partial charge < -0.3 is 18.9 Å². The normalized spacial score (nSPS) is 22.6. The second-order valence-electron chi connectivity index (χ2n) is 7.66. The number of fused-ring (bicyclic) bond motifs is 1. The molecule has 3 heterocycles. The summed E-state index contributed by atoms with van der Waals surface area (Å²) < 4.78 is 17.8. The van der Waals surface area contributed by atoms with Crippen molar-refractivity contribution in [3.05, 3.63) is 24.5 Å². The molecule has 0 N–H and O–H groups in total. The Balaban J connectivity index is 1.72. The third kappa shape index (κ3) is 2.90. The minimum atomic E-state index is -0.382. The zero-order chi connectivity index (χ0) is 17.7. The highest BCUT2D eigenvalue weighted by molar-refractivity contribution is 6.62. The van der Waals surface area contributed by atoms with Crippen LogP contribution < -0.4 is 10.4 Å². The Hall–Kier alpha value is -1.70. The van der Waals surface area contributed by atoms with Crippen LogP contribution in [0.2, 0.25) is 0 Å². The Morgan fingerprint density at radius 1 is 1.00 bits per heavy atom. The second kappa shape index (κ2) is 5.93. The lowest BCUT2D eigenvalue weighted by Crippen LogP contribution is -2.41. The Labute approximate surface area is 148 Å². The highest BCUT2D eigenvalue weighted by Gasteiger charge is 2.51. The predicted octanol–water partition coefficient (Wildman–Crippen LogP) is 1.77. The van der Waals surface area contributed by atoms with Gasteiger partial charge in [0, 0.05) is 18.5 Å². The van der Waals surface area contributed by atoms with E-state index in [4.69, 9.17) is 14.0 Å². The number of hydrogen-bond donors (Lipinski definition) is 0. The molecule has 0 unspecified atom stereocenters. The third-order valence-corrected chi connectivity index (χ3v) is 5.47. The molecule has 2 aliphatic heterocycles. The Morgan fingerprint density at radius 3 is 2.36 bits per heavy atom. The maximum Gasteiger partial charge on any atom is 0.494 e. The molecule has 25 heavy (non-hydrogen) atoms. The minimum Gasteiger partial charge on any atom is -0.399 e. The summed E-state index contributed by atoms with van der Waals surface area (Å²) in [5.74, 6) is 0.951. The summed E-state index contributed by atoms with van der Waals surface area (Å²) >= 11 is 0. The zero-order valence-corrected chi connectivity index (χ0v) is 15.3. The molecule has 0 aliphatic carbocycles.